The zero-order valence-electron chi connectivity index (χ0n) is 15.5. The molecule has 1 aromatic carbocycles. The first kappa shape index (κ1) is 20.4. The quantitative estimate of drug-likeness (QED) is 0.530. The molecule has 7 nitrogen and oxygen atoms in total. The van der Waals surface area contributed by atoms with Gasteiger partial charge in [0.05, 0.1) is 23.7 Å². The van der Waals surface area contributed by atoms with Crippen molar-refractivity contribution in [3.05, 3.63) is 69.7 Å². The third-order valence-corrected chi connectivity index (χ3v) is 8.76. The molecular weight excluding hydrogens is 442 g/mol. The van der Waals surface area contributed by atoms with Gasteiger partial charge in [0.25, 0.3) is 15.9 Å². The maximum atomic E-state index is 13.3. The van der Waals surface area contributed by atoms with Gasteiger partial charge in [0, 0.05) is 11.4 Å². The Morgan fingerprint density at radius 1 is 1.07 bits per heavy atom. The summed E-state index contributed by atoms with van der Waals surface area (Å²) in [5.41, 5.74) is 0.713. The van der Waals surface area contributed by atoms with Crippen molar-refractivity contribution >= 4 is 50.2 Å². The van der Waals surface area contributed by atoms with E-state index < -0.39 is 27.9 Å². The van der Waals surface area contributed by atoms with Gasteiger partial charge in [0.2, 0.25) is 5.91 Å². The number of sulfonamides is 1. The van der Waals surface area contributed by atoms with Crippen LogP contribution in [-0.2, 0) is 26.2 Å². The molecule has 0 saturated carbocycles. The Morgan fingerprint density at radius 3 is 2.37 bits per heavy atom. The van der Waals surface area contributed by atoms with Crippen LogP contribution in [0.5, 0.6) is 0 Å². The summed E-state index contributed by atoms with van der Waals surface area (Å²) < 4.78 is 27.9. The van der Waals surface area contributed by atoms with E-state index in [0.29, 0.717) is 11.3 Å². The van der Waals surface area contributed by atoms with E-state index in [9.17, 15) is 18.0 Å². The summed E-state index contributed by atoms with van der Waals surface area (Å²) >= 11 is 2.45. The van der Waals surface area contributed by atoms with Crippen LogP contribution in [0.1, 0.15) is 16.9 Å². The minimum absolute atomic E-state index is 0.00277. The van der Waals surface area contributed by atoms with Crippen molar-refractivity contribution < 1.29 is 18.0 Å². The van der Waals surface area contributed by atoms with Crippen LogP contribution in [0.25, 0.3) is 0 Å². The molecule has 3 heterocycles. The molecule has 4 rings (SSSR count). The third-order valence-electron chi connectivity index (χ3n) is 4.67. The van der Waals surface area contributed by atoms with E-state index in [1.807, 2.05) is 11.4 Å². The Bertz CT molecular complexity index is 1210. The summed E-state index contributed by atoms with van der Waals surface area (Å²) in [6.45, 7) is 0.00277. The molecule has 1 aliphatic heterocycles. The first-order chi connectivity index (χ1) is 14.4. The van der Waals surface area contributed by atoms with Gasteiger partial charge in [-0.15, -0.1) is 22.7 Å². The van der Waals surface area contributed by atoms with Crippen molar-refractivity contribution in [2.75, 3.05) is 4.90 Å². The Morgan fingerprint density at radius 2 is 1.77 bits per heavy atom. The number of rotatable bonds is 6. The number of anilines is 1. The number of carbonyl (C=O) groups is 2. The average molecular weight is 458 g/mol. The van der Waals surface area contributed by atoms with Gasteiger partial charge in [0.15, 0.2) is 0 Å². The number of nitrogens with zero attached hydrogens (tertiary/aromatic N) is 3. The Kier molecular flexibility index (Phi) is 5.53. The number of hydrogen-bond donors (Lipinski definition) is 0. The smallest absolute Gasteiger partial charge is 0.253 e. The third kappa shape index (κ3) is 3.68. The molecule has 1 aliphatic rings. The first-order valence-corrected chi connectivity index (χ1v) is 12.1. The van der Waals surface area contributed by atoms with Crippen LogP contribution in [0.4, 0.5) is 5.69 Å². The van der Waals surface area contributed by atoms with E-state index in [2.05, 4.69) is 0 Å². The highest BCUT2D eigenvalue weighted by atomic mass is 32.2. The molecular formula is C20H15N3O4S3. The van der Waals surface area contributed by atoms with Crippen LogP contribution >= 0.6 is 22.7 Å². The van der Waals surface area contributed by atoms with Crippen molar-refractivity contribution in [2.45, 2.75) is 23.2 Å². The lowest BCUT2D eigenvalue weighted by Gasteiger charge is -2.25. The van der Waals surface area contributed by atoms with Crippen LogP contribution in [0.3, 0.4) is 0 Å². The normalized spacial score (nSPS) is 16.9. The van der Waals surface area contributed by atoms with E-state index in [1.54, 1.807) is 23.6 Å². The van der Waals surface area contributed by atoms with E-state index in [4.69, 9.17) is 5.26 Å². The van der Waals surface area contributed by atoms with Crippen LogP contribution in [0.2, 0.25) is 0 Å². The number of benzene rings is 1. The molecule has 1 fully saturated rings. The van der Waals surface area contributed by atoms with Gasteiger partial charge in [-0.3, -0.25) is 9.59 Å². The van der Waals surface area contributed by atoms with Crippen LogP contribution in [0.15, 0.2) is 63.5 Å². The highest BCUT2D eigenvalue weighted by molar-refractivity contribution is 7.91. The summed E-state index contributed by atoms with van der Waals surface area (Å²) in [6.07, 6.45) is -0.241. The van der Waals surface area contributed by atoms with E-state index >= 15 is 0 Å². The second-order valence-electron chi connectivity index (χ2n) is 6.51. The molecule has 2 aromatic heterocycles. The van der Waals surface area contributed by atoms with E-state index in [1.165, 1.54) is 41.7 Å². The van der Waals surface area contributed by atoms with Gasteiger partial charge in [-0.25, -0.2) is 13.3 Å². The topological polar surface area (TPSA) is 98.5 Å². The molecule has 0 spiro atoms. The van der Waals surface area contributed by atoms with Gasteiger partial charge in [-0.05, 0) is 47.2 Å². The molecule has 0 radical (unpaired) electrons. The number of amides is 2. The largest absolute Gasteiger partial charge is 0.274 e. The number of imide groups is 1. The van der Waals surface area contributed by atoms with E-state index in [0.717, 1.165) is 25.4 Å². The lowest BCUT2D eigenvalue weighted by atomic mass is 10.2. The Balaban J connectivity index is 1.71. The lowest BCUT2D eigenvalue weighted by molar-refractivity contribution is -0.122. The van der Waals surface area contributed by atoms with Gasteiger partial charge in [0.1, 0.15) is 10.3 Å². The predicted molar refractivity (Wildman–Crippen MR) is 113 cm³/mol. The predicted octanol–water partition coefficient (Wildman–Crippen LogP) is 3.20. The van der Waals surface area contributed by atoms with Crippen LogP contribution < -0.4 is 4.90 Å². The molecule has 30 heavy (non-hydrogen) atoms. The van der Waals surface area contributed by atoms with Crippen molar-refractivity contribution in [1.29, 1.82) is 5.26 Å². The van der Waals surface area contributed by atoms with Gasteiger partial charge >= 0.3 is 0 Å². The number of carbonyl (C=O) groups excluding carboxylic acids is 2. The van der Waals surface area contributed by atoms with Gasteiger partial charge in [-0.1, -0.05) is 12.1 Å². The molecule has 1 saturated heterocycles. The van der Waals surface area contributed by atoms with E-state index in [-0.39, 0.29) is 17.2 Å². The second-order valence-corrected chi connectivity index (χ2v) is 10.6. The highest BCUT2D eigenvalue weighted by Crippen LogP contribution is 2.32. The molecule has 2 amide bonds. The Labute approximate surface area is 181 Å². The summed E-state index contributed by atoms with van der Waals surface area (Å²) in [6, 6.07) is 13.6. The maximum Gasteiger partial charge on any atom is 0.253 e. The summed E-state index contributed by atoms with van der Waals surface area (Å²) in [4.78, 5) is 27.7. The fraction of sp³-hybridized carbons (Fsp3) is 0.150. The molecule has 1 atom stereocenters. The SMILES string of the molecule is N#Cc1ccc(N2C(=O)CC(N(Cc3cccs3)S(=O)(=O)c3cccs3)C2=O)cc1. The van der Waals surface area contributed by atoms with Gasteiger partial charge in [-0.2, -0.15) is 9.57 Å². The van der Waals surface area contributed by atoms with Crippen LogP contribution in [0, 0.1) is 11.3 Å². The van der Waals surface area contributed by atoms with Crippen molar-refractivity contribution in [1.82, 2.24) is 4.31 Å². The second kappa shape index (κ2) is 8.12. The minimum Gasteiger partial charge on any atom is -0.274 e. The van der Waals surface area contributed by atoms with Crippen molar-refractivity contribution in [3.63, 3.8) is 0 Å². The maximum absolute atomic E-state index is 13.3. The van der Waals surface area contributed by atoms with Crippen molar-refractivity contribution in [2.24, 2.45) is 0 Å². The number of nitriles is 1. The zero-order valence-corrected chi connectivity index (χ0v) is 17.9. The van der Waals surface area contributed by atoms with Crippen molar-refractivity contribution in [3.8, 4) is 6.07 Å². The summed E-state index contributed by atoms with van der Waals surface area (Å²) in [5.74, 6) is -1.08. The van der Waals surface area contributed by atoms with Gasteiger partial charge < -0.3 is 0 Å². The molecule has 3 aromatic rings. The molecule has 0 bridgehead atoms. The first-order valence-electron chi connectivity index (χ1n) is 8.86. The van der Waals surface area contributed by atoms with Crippen LogP contribution in [-0.4, -0.2) is 30.6 Å². The minimum atomic E-state index is -3.97. The molecule has 152 valence electrons. The zero-order chi connectivity index (χ0) is 21.3. The molecule has 1 unspecified atom stereocenters. The summed E-state index contributed by atoms with van der Waals surface area (Å²) in [5, 5.41) is 12.4. The highest BCUT2D eigenvalue weighted by Gasteiger charge is 2.47. The Hall–Kier alpha value is -2.84. The molecule has 0 aliphatic carbocycles. The summed E-state index contributed by atoms with van der Waals surface area (Å²) in [7, 11) is -3.97. The molecule has 0 N–H and O–H groups in total. The lowest BCUT2D eigenvalue weighted by Crippen LogP contribution is -2.44. The average Bonchev–Trinajstić information content (AvgIpc) is 3.49. The fourth-order valence-corrected chi connectivity index (χ4v) is 6.71. The number of thiophene rings is 2. The molecule has 10 heteroatoms. The fourth-order valence-electron chi connectivity index (χ4n) is 3.24. The monoisotopic (exact) mass is 457 g/mol. The standard InChI is InChI=1S/C20H15N3O4S3/c21-12-14-5-7-15(8-6-14)23-18(24)11-17(20(23)25)22(13-16-3-1-9-28-16)30(26,27)19-4-2-10-29-19/h1-10,17H,11,13H2. The number of hydrogen-bond acceptors (Lipinski definition) is 7.